The Labute approximate surface area is 120 Å². The van der Waals surface area contributed by atoms with E-state index in [1.807, 2.05) is 24.3 Å². The van der Waals surface area contributed by atoms with E-state index >= 15 is 0 Å². The molecule has 0 unspecified atom stereocenters. The molecule has 1 aromatic carbocycles. The van der Waals surface area contributed by atoms with Crippen LogP contribution in [0.5, 0.6) is 0 Å². The van der Waals surface area contributed by atoms with Crippen LogP contribution in [0.1, 0.15) is 30.9 Å². The molecule has 19 heavy (non-hydrogen) atoms. The average molecular weight is 302 g/mol. The second-order valence-electron chi connectivity index (χ2n) is 5.29. The highest BCUT2D eigenvalue weighted by atomic mass is 35.5. The predicted molar refractivity (Wildman–Crippen MR) is 78.6 cm³/mol. The monoisotopic (exact) mass is 301 g/mol. The van der Waals surface area contributed by atoms with Crippen molar-refractivity contribution < 1.29 is 8.42 Å². The number of benzene rings is 1. The molecule has 1 aliphatic rings. The molecule has 0 spiro atoms. The van der Waals surface area contributed by atoms with E-state index in [1.165, 1.54) is 0 Å². The number of rotatable bonds is 4. The van der Waals surface area contributed by atoms with Crippen molar-refractivity contribution in [1.29, 1.82) is 0 Å². The van der Waals surface area contributed by atoms with Gasteiger partial charge in [-0.15, -0.1) is 11.6 Å². The van der Waals surface area contributed by atoms with Crippen LogP contribution in [0.25, 0.3) is 0 Å². The summed E-state index contributed by atoms with van der Waals surface area (Å²) in [6.45, 7) is 3.48. The van der Waals surface area contributed by atoms with Gasteiger partial charge in [0.15, 0.2) is 0 Å². The molecule has 1 saturated heterocycles. The molecule has 0 N–H and O–H groups in total. The number of piperidine rings is 1. The second-order valence-corrected chi connectivity index (χ2v) is 7.53. The lowest BCUT2D eigenvalue weighted by atomic mass is 10.0. The van der Waals surface area contributed by atoms with Crippen LogP contribution in [0.2, 0.25) is 0 Å². The van der Waals surface area contributed by atoms with Gasteiger partial charge in [-0.05, 0) is 29.9 Å². The first-order valence-electron chi connectivity index (χ1n) is 6.63. The minimum absolute atomic E-state index is 0.0755. The van der Waals surface area contributed by atoms with Crippen LogP contribution in [0.4, 0.5) is 0 Å². The third kappa shape index (κ3) is 3.94. The summed E-state index contributed by atoms with van der Waals surface area (Å²) in [5.41, 5.74) is 1.78. The molecule has 0 aromatic heterocycles. The van der Waals surface area contributed by atoms with Gasteiger partial charge in [0.1, 0.15) is 0 Å². The van der Waals surface area contributed by atoms with Crippen molar-refractivity contribution in [3.05, 3.63) is 35.4 Å². The van der Waals surface area contributed by atoms with Gasteiger partial charge < -0.3 is 0 Å². The molecular weight excluding hydrogens is 282 g/mol. The van der Waals surface area contributed by atoms with Gasteiger partial charge in [0, 0.05) is 19.0 Å². The minimum Gasteiger partial charge on any atom is -0.212 e. The number of hydrogen-bond acceptors (Lipinski definition) is 2. The van der Waals surface area contributed by atoms with Crippen molar-refractivity contribution >= 4 is 21.6 Å². The van der Waals surface area contributed by atoms with E-state index in [2.05, 4.69) is 6.92 Å². The lowest BCUT2D eigenvalue weighted by Gasteiger charge is -2.29. The Morgan fingerprint density at radius 1 is 1.26 bits per heavy atom. The van der Waals surface area contributed by atoms with Crippen LogP contribution in [-0.4, -0.2) is 25.8 Å². The Morgan fingerprint density at radius 2 is 1.89 bits per heavy atom. The molecule has 1 fully saturated rings. The lowest BCUT2D eigenvalue weighted by Crippen LogP contribution is -2.38. The smallest absolute Gasteiger partial charge is 0.212 e. The van der Waals surface area contributed by atoms with Crippen molar-refractivity contribution in [1.82, 2.24) is 4.31 Å². The fourth-order valence-electron chi connectivity index (χ4n) is 2.37. The Morgan fingerprint density at radius 3 is 2.53 bits per heavy atom. The van der Waals surface area contributed by atoms with E-state index in [9.17, 15) is 8.42 Å². The van der Waals surface area contributed by atoms with Crippen molar-refractivity contribution in [2.45, 2.75) is 31.4 Å². The van der Waals surface area contributed by atoms with Gasteiger partial charge in [-0.25, -0.2) is 12.7 Å². The summed E-state index contributed by atoms with van der Waals surface area (Å²) >= 11 is 5.77. The maximum Gasteiger partial charge on any atom is 0.218 e. The van der Waals surface area contributed by atoms with Gasteiger partial charge in [-0.1, -0.05) is 31.2 Å². The van der Waals surface area contributed by atoms with E-state index < -0.39 is 10.0 Å². The Hall–Kier alpha value is -0.580. The van der Waals surface area contributed by atoms with Crippen LogP contribution in [0.3, 0.4) is 0 Å². The molecule has 0 amide bonds. The molecular formula is C14H20ClNO2S. The second kappa shape index (κ2) is 6.25. The molecule has 1 heterocycles. The van der Waals surface area contributed by atoms with Gasteiger partial charge in [-0.2, -0.15) is 0 Å². The Balaban J connectivity index is 2.08. The molecule has 0 radical (unpaired) electrons. The molecule has 106 valence electrons. The third-order valence-electron chi connectivity index (χ3n) is 3.63. The minimum atomic E-state index is -3.19. The lowest BCUT2D eigenvalue weighted by molar-refractivity contribution is 0.287. The summed E-state index contributed by atoms with van der Waals surface area (Å²) in [7, 11) is -3.19. The molecule has 1 aliphatic heterocycles. The molecule has 0 saturated carbocycles. The Kier molecular flexibility index (Phi) is 4.87. The number of halogens is 1. The van der Waals surface area contributed by atoms with Crippen molar-refractivity contribution in [2.24, 2.45) is 5.92 Å². The summed E-state index contributed by atoms with van der Waals surface area (Å²) in [6, 6.07) is 7.49. The molecule has 1 aromatic rings. The highest BCUT2D eigenvalue weighted by molar-refractivity contribution is 7.88. The normalized spacial score (nSPS) is 18.6. The van der Waals surface area contributed by atoms with Gasteiger partial charge >= 0.3 is 0 Å². The number of nitrogens with zero attached hydrogens (tertiary/aromatic N) is 1. The zero-order valence-corrected chi connectivity index (χ0v) is 12.8. The van der Waals surface area contributed by atoms with Crippen LogP contribution >= 0.6 is 11.6 Å². The van der Waals surface area contributed by atoms with E-state index in [0.717, 1.165) is 24.0 Å². The first kappa shape index (κ1) is 14.8. The van der Waals surface area contributed by atoms with Crippen LogP contribution in [-0.2, 0) is 21.7 Å². The summed E-state index contributed by atoms with van der Waals surface area (Å²) < 4.78 is 26.3. The standard InChI is InChI=1S/C14H20ClNO2S/c1-12-5-7-16(8-6-12)19(17,18)11-14-4-2-3-13(9-14)10-15/h2-4,9,12H,5-8,10-11H2,1H3. The molecule has 2 rings (SSSR count). The fraction of sp³-hybridized carbons (Fsp3) is 0.571. The van der Waals surface area contributed by atoms with E-state index in [0.29, 0.717) is 24.9 Å². The van der Waals surface area contributed by atoms with Crippen molar-refractivity contribution in [3.63, 3.8) is 0 Å². The summed E-state index contributed by atoms with van der Waals surface area (Å²) in [5.74, 6) is 1.12. The number of alkyl halides is 1. The SMILES string of the molecule is CC1CCN(S(=O)(=O)Cc2cccc(CCl)c2)CC1. The topological polar surface area (TPSA) is 37.4 Å². The fourth-order valence-corrected chi connectivity index (χ4v) is 4.08. The van der Waals surface area contributed by atoms with E-state index in [1.54, 1.807) is 4.31 Å². The maximum absolute atomic E-state index is 12.4. The first-order chi connectivity index (χ1) is 9.01. The van der Waals surface area contributed by atoms with Gasteiger partial charge in [0.2, 0.25) is 10.0 Å². The zero-order chi connectivity index (χ0) is 13.9. The molecule has 0 aliphatic carbocycles. The van der Waals surface area contributed by atoms with Gasteiger partial charge in [-0.3, -0.25) is 0 Å². The Bertz CT molecular complexity index is 522. The molecule has 3 nitrogen and oxygen atoms in total. The van der Waals surface area contributed by atoms with Gasteiger partial charge in [0.05, 0.1) is 5.75 Å². The summed E-state index contributed by atoms with van der Waals surface area (Å²) in [5, 5.41) is 0. The van der Waals surface area contributed by atoms with E-state index in [-0.39, 0.29) is 5.75 Å². The highest BCUT2D eigenvalue weighted by Crippen LogP contribution is 2.21. The van der Waals surface area contributed by atoms with Crippen molar-refractivity contribution in [3.8, 4) is 0 Å². The van der Waals surface area contributed by atoms with E-state index in [4.69, 9.17) is 11.6 Å². The third-order valence-corrected chi connectivity index (χ3v) is 5.79. The summed E-state index contributed by atoms with van der Waals surface area (Å²) in [4.78, 5) is 0. The van der Waals surface area contributed by atoms with Crippen molar-refractivity contribution in [2.75, 3.05) is 13.1 Å². The zero-order valence-electron chi connectivity index (χ0n) is 11.2. The van der Waals surface area contributed by atoms with Crippen LogP contribution in [0, 0.1) is 5.92 Å². The predicted octanol–water partition coefficient (Wildman–Crippen LogP) is 2.99. The number of sulfonamides is 1. The summed E-state index contributed by atoms with van der Waals surface area (Å²) in [6.07, 6.45) is 1.92. The maximum atomic E-state index is 12.4. The molecule has 5 heteroatoms. The first-order valence-corrected chi connectivity index (χ1v) is 8.77. The number of hydrogen-bond donors (Lipinski definition) is 0. The van der Waals surface area contributed by atoms with Crippen LogP contribution in [0.15, 0.2) is 24.3 Å². The van der Waals surface area contributed by atoms with Crippen LogP contribution < -0.4 is 0 Å². The molecule has 0 bridgehead atoms. The highest BCUT2D eigenvalue weighted by Gasteiger charge is 2.26. The molecule has 0 atom stereocenters. The van der Waals surface area contributed by atoms with Gasteiger partial charge in [0.25, 0.3) is 0 Å². The average Bonchev–Trinajstić information content (AvgIpc) is 2.39. The largest absolute Gasteiger partial charge is 0.218 e. The quantitative estimate of drug-likeness (QED) is 0.802.